The summed E-state index contributed by atoms with van der Waals surface area (Å²) in [5.41, 5.74) is 1.52. The average molecular weight is 324 g/mol. The Morgan fingerprint density at radius 3 is 2.18 bits per heavy atom. The molecule has 2 aromatic rings. The molecule has 0 aliphatic rings. The molecule has 6 heteroatoms. The van der Waals surface area contributed by atoms with Crippen molar-refractivity contribution >= 4 is 28.7 Å². The van der Waals surface area contributed by atoms with Gasteiger partial charge in [0.15, 0.2) is 5.11 Å². The standard InChI is InChI=1S/C16H15F3N2S/c1-2-11-5-3-7-13(9-11)20-15(22)21-14-8-4-6-12(10-14)16(17,18)19/h3-10H,2H2,1H3,(H2,20,21,22). The van der Waals surface area contributed by atoms with Crippen LogP contribution in [0.4, 0.5) is 24.5 Å². The van der Waals surface area contributed by atoms with E-state index in [4.69, 9.17) is 12.2 Å². The topological polar surface area (TPSA) is 24.1 Å². The lowest BCUT2D eigenvalue weighted by atomic mass is 10.1. The second kappa shape index (κ2) is 6.79. The number of nitrogens with one attached hydrogen (secondary N) is 2. The molecule has 0 unspecified atom stereocenters. The van der Waals surface area contributed by atoms with Crippen LogP contribution in [0.1, 0.15) is 18.1 Å². The van der Waals surface area contributed by atoms with Crippen molar-refractivity contribution in [3.8, 4) is 0 Å². The predicted octanol–water partition coefficient (Wildman–Crippen LogP) is 5.08. The van der Waals surface area contributed by atoms with Crippen molar-refractivity contribution in [3.05, 3.63) is 59.7 Å². The summed E-state index contributed by atoms with van der Waals surface area (Å²) >= 11 is 5.13. The highest BCUT2D eigenvalue weighted by molar-refractivity contribution is 7.80. The van der Waals surface area contributed by atoms with Gasteiger partial charge in [0.1, 0.15) is 0 Å². The quantitative estimate of drug-likeness (QED) is 0.770. The Morgan fingerprint density at radius 2 is 1.59 bits per heavy atom. The fourth-order valence-electron chi connectivity index (χ4n) is 1.94. The zero-order valence-corrected chi connectivity index (χ0v) is 12.7. The van der Waals surface area contributed by atoms with Gasteiger partial charge in [-0.2, -0.15) is 13.2 Å². The Morgan fingerprint density at radius 1 is 1.00 bits per heavy atom. The maximum absolute atomic E-state index is 12.7. The van der Waals surface area contributed by atoms with Gasteiger partial charge in [-0.25, -0.2) is 0 Å². The Kier molecular flexibility index (Phi) is 5.03. The summed E-state index contributed by atoms with van der Waals surface area (Å²) in [5.74, 6) is 0. The van der Waals surface area contributed by atoms with E-state index in [0.717, 1.165) is 29.8 Å². The summed E-state index contributed by atoms with van der Waals surface area (Å²) in [4.78, 5) is 0. The van der Waals surface area contributed by atoms with Gasteiger partial charge >= 0.3 is 6.18 Å². The number of thiocarbonyl (C=S) groups is 1. The minimum atomic E-state index is -4.37. The van der Waals surface area contributed by atoms with Crippen LogP contribution in [-0.4, -0.2) is 5.11 Å². The van der Waals surface area contributed by atoms with Gasteiger partial charge in [-0.3, -0.25) is 0 Å². The van der Waals surface area contributed by atoms with E-state index in [-0.39, 0.29) is 5.11 Å². The summed E-state index contributed by atoms with van der Waals surface area (Å²) in [6.07, 6.45) is -3.48. The Labute approximate surface area is 132 Å². The number of hydrogen-bond donors (Lipinski definition) is 2. The lowest BCUT2D eigenvalue weighted by Gasteiger charge is -2.13. The number of rotatable bonds is 3. The van der Waals surface area contributed by atoms with Crippen molar-refractivity contribution in [1.29, 1.82) is 0 Å². The van der Waals surface area contributed by atoms with Crippen LogP contribution in [0.5, 0.6) is 0 Å². The van der Waals surface area contributed by atoms with Gasteiger partial charge in [-0.15, -0.1) is 0 Å². The second-order valence-corrected chi connectivity index (χ2v) is 5.12. The molecule has 2 nitrogen and oxygen atoms in total. The zero-order chi connectivity index (χ0) is 16.2. The van der Waals surface area contributed by atoms with E-state index in [1.165, 1.54) is 12.1 Å². The van der Waals surface area contributed by atoms with Gasteiger partial charge < -0.3 is 10.6 Å². The summed E-state index contributed by atoms with van der Waals surface area (Å²) in [6.45, 7) is 2.04. The number of aryl methyl sites for hydroxylation is 1. The number of anilines is 2. The maximum atomic E-state index is 12.7. The van der Waals surface area contributed by atoms with Crippen LogP contribution >= 0.6 is 12.2 Å². The largest absolute Gasteiger partial charge is 0.416 e. The van der Waals surface area contributed by atoms with Crippen LogP contribution in [0, 0.1) is 0 Å². The van der Waals surface area contributed by atoms with Crippen LogP contribution in [0.2, 0.25) is 0 Å². The molecule has 2 N–H and O–H groups in total. The first-order valence-electron chi connectivity index (χ1n) is 6.72. The first-order chi connectivity index (χ1) is 10.4. The summed E-state index contributed by atoms with van der Waals surface area (Å²) in [7, 11) is 0. The molecule has 0 amide bonds. The smallest absolute Gasteiger partial charge is 0.332 e. The monoisotopic (exact) mass is 324 g/mol. The summed E-state index contributed by atoms with van der Waals surface area (Å²) < 4.78 is 38.0. The molecule has 0 saturated heterocycles. The minimum absolute atomic E-state index is 0.243. The van der Waals surface area contributed by atoms with E-state index in [0.29, 0.717) is 5.69 Å². The number of alkyl halides is 3. The third-order valence-electron chi connectivity index (χ3n) is 3.04. The van der Waals surface area contributed by atoms with Crippen molar-refractivity contribution in [2.45, 2.75) is 19.5 Å². The van der Waals surface area contributed by atoms with Crippen molar-refractivity contribution in [3.63, 3.8) is 0 Å². The van der Waals surface area contributed by atoms with Crippen LogP contribution in [0.15, 0.2) is 48.5 Å². The fourth-order valence-corrected chi connectivity index (χ4v) is 2.17. The van der Waals surface area contributed by atoms with Gasteiger partial charge in [0.2, 0.25) is 0 Å². The predicted molar refractivity (Wildman–Crippen MR) is 87.1 cm³/mol. The molecule has 0 aliphatic heterocycles. The minimum Gasteiger partial charge on any atom is -0.332 e. The lowest BCUT2D eigenvalue weighted by molar-refractivity contribution is -0.137. The van der Waals surface area contributed by atoms with Crippen LogP contribution in [0.25, 0.3) is 0 Å². The summed E-state index contributed by atoms with van der Waals surface area (Å²) in [5, 5.41) is 5.97. The Balaban J connectivity index is 2.06. The molecule has 0 aliphatic carbocycles. The molecule has 2 aromatic carbocycles. The molecule has 22 heavy (non-hydrogen) atoms. The van der Waals surface area contributed by atoms with E-state index >= 15 is 0 Å². The van der Waals surface area contributed by atoms with Gasteiger partial charge in [0.25, 0.3) is 0 Å². The molecule has 0 spiro atoms. The van der Waals surface area contributed by atoms with Crippen LogP contribution < -0.4 is 10.6 Å². The van der Waals surface area contributed by atoms with Gasteiger partial charge in [0.05, 0.1) is 5.56 Å². The fraction of sp³-hybridized carbons (Fsp3) is 0.188. The molecule has 116 valence electrons. The molecule has 0 heterocycles. The molecule has 0 saturated carbocycles. The third kappa shape index (κ3) is 4.46. The Hall–Kier alpha value is -2.08. The van der Waals surface area contributed by atoms with Gasteiger partial charge in [0, 0.05) is 11.4 Å². The number of hydrogen-bond acceptors (Lipinski definition) is 1. The number of benzene rings is 2. The van der Waals surface area contributed by atoms with Gasteiger partial charge in [-0.05, 0) is 54.5 Å². The molecule has 0 radical (unpaired) electrons. The van der Waals surface area contributed by atoms with E-state index < -0.39 is 11.7 Å². The highest BCUT2D eigenvalue weighted by Gasteiger charge is 2.30. The molecular formula is C16H15F3N2S. The average Bonchev–Trinajstić information content (AvgIpc) is 2.46. The van der Waals surface area contributed by atoms with Crippen LogP contribution in [-0.2, 0) is 12.6 Å². The lowest BCUT2D eigenvalue weighted by Crippen LogP contribution is -2.19. The van der Waals surface area contributed by atoms with E-state index in [9.17, 15) is 13.2 Å². The van der Waals surface area contributed by atoms with Crippen LogP contribution in [0.3, 0.4) is 0 Å². The highest BCUT2D eigenvalue weighted by atomic mass is 32.1. The van der Waals surface area contributed by atoms with E-state index in [1.807, 2.05) is 31.2 Å². The normalized spacial score (nSPS) is 11.1. The first-order valence-corrected chi connectivity index (χ1v) is 7.13. The highest BCUT2D eigenvalue weighted by Crippen LogP contribution is 2.30. The second-order valence-electron chi connectivity index (χ2n) is 4.71. The zero-order valence-electron chi connectivity index (χ0n) is 11.9. The summed E-state index contributed by atoms with van der Waals surface area (Å²) in [6, 6.07) is 12.6. The molecule has 0 aromatic heterocycles. The molecule has 0 atom stereocenters. The Bertz CT molecular complexity index is 668. The third-order valence-corrected chi connectivity index (χ3v) is 3.24. The van der Waals surface area contributed by atoms with Crippen molar-refractivity contribution < 1.29 is 13.2 Å². The molecule has 0 fully saturated rings. The van der Waals surface area contributed by atoms with E-state index in [1.54, 1.807) is 0 Å². The van der Waals surface area contributed by atoms with Crippen molar-refractivity contribution in [2.24, 2.45) is 0 Å². The van der Waals surface area contributed by atoms with Gasteiger partial charge in [-0.1, -0.05) is 25.1 Å². The van der Waals surface area contributed by atoms with Crippen molar-refractivity contribution in [1.82, 2.24) is 0 Å². The van der Waals surface area contributed by atoms with Crippen molar-refractivity contribution in [2.75, 3.05) is 10.6 Å². The molecular weight excluding hydrogens is 309 g/mol. The SMILES string of the molecule is CCc1cccc(NC(=S)Nc2cccc(C(F)(F)F)c2)c1. The number of halogens is 3. The van der Waals surface area contributed by atoms with E-state index in [2.05, 4.69) is 10.6 Å². The maximum Gasteiger partial charge on any atom is 0.416 e. The first kappa shape index (κ1) is 16.3. The molecule has 0 bridgehead atoms. The molecule has 2 rings (SSSR count).